The van der Waals surface area contributed by atoms with Crippen molar-refractivity contribution < 1.29 is 14.7 Å². The quantitative estimate of drug-likeness (QED) is 0.873. The second kappa shape index (κ2) is 4.09. The summed E-state index contributed by atoms with van der Waals surface area (Å²) in [4.78, 5) is 25.0. The summed E-state index contributed by atoms with van der Waals surface area (Å²) in [5.41, 5.74) is 0.611. The molecule has 0 bridgehead atoms. The molecule has 4 nitrogen and oxygen atoms in total. The van der Waals surface area contributed by atoms with E-state index < -0.39 is 11.4 Å². The van der Waals surface area contributed by atoms with Crippen molar-refractivity contribution in [1.82, 2.24) is 5.32 Å². The van der Waals surface area contributed by atoms with Crippen molar-refractivity contribution in [1.29, 1.82) is 0 Å². The van der Waals surface area contributed by atoms with E-state index in [0.717, 1.165) is 17.7 Å². The number of rotatable bonds is 4. The van der Waals surface area contributed by atoms with Crippen LogP contribution >= 0.6 is 11.3 Å². The van der Waals surface area contributed by atoms with Gasteiger partial charge >= 0.3 is 5.97 Å². The number of fused-ring (bicyclic) bond motifs is 1. The van der Waals surface area contributed by atoms with Crippen molar-refractivity contribution in [2.24, 2.45) is 5.41 Å². The SMILES string of the molecule is O=C(NCC1(C(=O)O)CC1)c1cc2c(s1)CCC2. The predicted molar refractivity (Wildman–Crippen MR) is 68.0 cm³/mol. The largest absolute Gasteiger partial charge is 0.481 e. The van der Waals surface area contributed by atoms with Gasteiger partial charge in [-0.15, -0.1) is 11.3 Å². The maximum absolute atomic E-state index is 12.0. The highest BCUT2D eigenvalue weighted by atomic mass is 32.1. The number of thiophene rings is 1. The van der Waals surface area contributed by atoms with Crippen LogP contribution in [-0.4, -0.2) is 23.5 Å². The molecule has 2 aliphatic carbocycles. The summed E-state index contributed by atoms with van der Waals surface area (Å²) in [6, 6.07) is 1.96. The van der Waals surface area contributed by atoms with Crippen molar-refractivity contribution in [2.45, 2.75) is 32.1 Å². The number of carboxylic acids is 1. The number of nitrogens with one attached hydrogen (secondary N) is 1. The first kappa shape index (κ1) is 11.7. The second-order valence-electron chi connectivity index (χ2n) is 5.18. The number of aliphatic carboxylic acids is 1. The Kier molecular flexibility index (Phi) is 2.66. The van der Waals surface area contributed by atoms with E-state index in [2.05, 4.69) is 5.32 Å². The van der Waals surface area contributed by atoms with E-state index in [9.17, 15) is 9.59 Å². The van der Waals surface area contributed by atoms with E-state index in [0.29, 0.717) is 12.8 Å². The molecule has 5 heteroatoms. The normalized spacial score (nSPS) is 19.3. The monoisotopic (exact) mass is 265 g/mol. The molecule has 1 saturated carbocycles. The van der Waals surface area contributed by atoms with Crippen LogP contribution in [0.15, 0.2) is 6.07 Å². The van der Waals surface area contributed by atoms with Gasteiger partial charge < -0.3 is 10.4 Å². The molecule has 18 heavy (non-hydrogen) atoms. The molecule has 96 valence electrons. The summed E-state index contributed by atoms with van der Waals surface area (Å²) in [6.45, 7) is 0.254. The van der Waals surface area contributed by atoms with Gasteiger partial charge in [0.05, 0.1) is 10.3 Å². The molecule has 0 aliphatic heterocycles. The molecule has 0 aromatic carbocycles. The highest BCUT2D eigenvalue weighted by Gasteiger charge is 2.50. The minimum Gasteiger partial charge on any atom is -0.481 e. The topological polar surface area (TPSA) is 66.4 Å². The van der Waals surface area contributed by atoms with Gasteiger partial charge in [-0.1, -0.05) is 0 Å². The fourth-order valence-corrected chi connectivity index (χ4v) is 3.56. The molecular weight excluding hydrogens is 250 g/mol. The summed E-state index contributed by atoms with van der Waals surface area (Å²) >= 11 is 1.55. The van der Waals surface area contributed by atoms with Gasteiger partial charge in [0.25, 0.3) is 5.91 Å². The van der Waals surface area contributed by atoms with Crippen molar-refractivity contribution in [2.75, 3.05) is 6.54 Å². The van der Waals surface area contributed by atoms with Crippen LogP contribution in [0, 0.1) is 5.41 Å². The van der Waals surface area contributed by atoms with Crippen LogP contribution in [0.2, 0.25) is 0 Å². The van der Waals surface area contributed by atoms with Crippen molar-refractivity contribution >= 4 is 23.2 Å². The van der Waals surface area contributed by atoms with E-state index in [1.54, 1.807) is 11.3 Å². The van der Waals surface area contributed by atoms with Crippen LogP contribution in [0.1, 0.15) is 39.4 Å². The Balaban J connectivity index is 1.63. The van der Waals surface area contributed by atoms with Gasteiger partial charge in [-0.05, 0) is 43.7 Å². The molecular formula is C13H15NO3S. The molecule has 2 N–H and O–H groups in total. The number of hydrogen-bond acceptors (Lipinski definition) is 3. The lowest BCUT2D eigenvalue weighted by molar-refractivity contribution is -0.143. The Morgan fingerprint density at radius 1 is 1.39 bits per heavy atom. The van der Waals surface area contributed by atoms with E-state index in [1.807, 2.05) is 6.07 Å². The third kappa shape index (κ3) is 1.92. The van der Waals surface area contributed by atoms with E-state index in [4.69, 9.17) is 5.11 Å². The van der Waals surface area contributed by atoms with Crippen LogP contribution in [-0.2, 0) is 17.6 Å². The fourth-order valence-electron chi connectivity index (χ4n) is 2.39. The second-order valence-corrected chi connectivity index (χ2v) is 6.32. The highest BCUT2D eigenvalue weighted by Crippen LogP contribution is 2.45. The molecule has 3 rings (SSSR count). The molecule has 0 atom stereocenters. The highest BCUT2D eigenvalue weighted by molar-refractivity contribution is 7.14. The van der Waals surface area contributed by atoms with Crippen molar-refractivity contribution in [3.63, 3.8) is 0 Å². The predicted octanol–water partition coefficient (Wildman–Crippen LogP) is 1.83. The van der Waals surface area contributed by atoms with Crippen LogP contribution in [0.3, 0.4) is 0 Å². The van der Waals surface area contributed by atoms with E-state index in [-0.39, 0.29) is 12.5 Å². The number of carbonyl (C=O) groups is 2. The van der Waals surface area contributed by atoms with Gasteiger partial charge in [-0.2, -0.15) is 0 Å². The third-order valence-corrected chi connectivity index (χ3v) is 5.10. The molecule has 1 fully saturated rings. The van der Waals surface area contributed by atoms with Gasteiger partial charge in [0.2, 0.25) is 0 Å². The lowest BCUT2D eigenvalue weighted by atomic mass is 10.1. The van der Waals surface area contributed by atoms with Crippen LogP contribution in [0.4, 0.5) is 0 Å². The first-order valence-electron chi connectivity index (χ1n) is 6.24. The third-order valence-electron chi connectivity index (χ3n) is 3.86. The summed E-state index contributed by atoms with van der Waals surface area (Å²) in [5.74, 6) is -0.918. The van der Waals surface area contributed by atoms with Gasteiger partial charge in [0, 0.05) is 11.4 Å². The molecule has 2 aliphatic rings. The Labute approximate surface area is 109 Å². The number of carbonyl (C=O) groups excluding carboxylic acids is 1. The van der Waals surface area contributed by atoms with E-state index in [1.165, 1.54) is 16.9 Å². The molecule has 1 amide bonds. The Morgan fingerprint density at radius 3 is 2.78 bits per heavy atom. The van der Waals surface area contributed by atoms with Gasteiger partial charge in [0.15, 0.2) is 0 Å². The maximum atomic E-state index is 12.0. The molecule has 1 heterocycles. The van der Waals surface area contributed by atoms with Crippen LogP contribution < -0.4 is 5.32 Å². The van der Waals surface area contributed by atoms with Crippen molar-refractivity contribution in [3.05, 3.63) is 21.4 Å². The smallest absolute Gasteiger partial charge is 0.311 e. The molecule has 0 spiro atoms. The van der Waals surface area contributed by atoms with E-state index >= 15 is 0 Å². The zero-order valence-corrected chi connectivity index (χ0v) is 10.8. The van der Waals surface area contributed by atoms with Gasteiger partial charge in [-0.25, -0.2) is 0 Å². The van der Waals surface area contributed by atoms with Gasteiger partial charge in [0.1, 0.15) is 0 Å². The summed E-state index contributed by atoms with van der Waals surface area (Å²) in [7, 11) is 0. The summed E-state index contributed by atoms with van der Waals surface area (Å²) in [6.07, 6.45) is 4.67. The average molecular weight is 265 g/mol. The Bertz CT molecular complexity index is 495. The standard InChI is InChI=1S/C13H15NO3S/c15-11(14-7-13(4-5-13)12(16)17)10-6-8-2-1-3-9(8)18-10/h6H,1-5,7H2,(H,14,15)(H,16,17). The number of aryl methyl sites for hydroxylation is 2. The molecule has 0 saturated heterocycles. The zero-order chi connectivity index (χ0) is 12.8. The van der Waals surface area contributed by atoms with Crippen molar-refractivity contribution in [3.8, 4) is 0 Å². The number of carboxylic acid groups (broad SMARTS) is 1. The minimum atomic E-state index is -0.795. The fraction of sp³-hybridized carbons (Fsp3) is 0.538. The maximum Gasteiger partial charge on any atom is 0.311 e. The lowest BCUT2D eigenvalue weighted by Gasteiger charge is -2.10. The first-order valence-corrected chi connectivity index (χ1v) is 7.06. The van der Waals surface area contributed by atoms with Gasteiger partial charge in [-0.3, -0.25) is 9.59 Å². The number of amides is 1. The zero-order valence-electron chi connectivity index (χ0n) is 9.99. The summed E-state index contributed by atoms with van der Waals surface area (Å²) < 4.78 is 0. The molecule has 0 radical (unpaired) electrons. The minimum absolute atomic E-state index is 0.123. The first-order chi connectivity index (χ1) is 8.61. The average Bonchev–Trinajstić information content (AvgIpc) is 2.82. The Morgan fingerprint density at radius 2 is 2.17 bits per heavy atom. The van der Waals surface area contributed by atoms with Crippen LogP contribution in [0.5, 0.6) is 0 Å². The molecule has 1 aromatic heterocycles. The summed E-state index contributed by atoms with van der Waals surface area (Å²) in [5, 5.41) is 11.8. The lowest BCUT2D eigenvalue weighted by Crippen LogP contribution is -2.33. The van der Waals surface area contributed by atoms with Crippen LogP contribution in [0.25, 0.3) is 0 Å². The Hall–Kier alpha value is -1.36. The molecule has 0 unspecified atom stereocenters. The number of hydrogen-bond donors (Lipinski definition) is 2. The molecule has 1 aromatic rings.